The zero-order valence-electron chi connectivity index (χ0n) is 14.8. The van der Waals surface area contributed by atoms with Gasteiger partial charge in [0.05, 0.1) is 0 Å². The molecule has 0 aliphatic carbocycles. The zero-order chi connectivity index (χ0) is 16.2. The summed E-state index contributed by atoms with van der Waals surface area (Å²) < 4.78 is 5.85. The van der Waals surface area contributed by atoms with Crippen molar-refractivity contribution in [2.75, 3.05) is 59.7 Å². The molecule has 2 aliphatic heterocycles. The van der Waals surface area contributed by atoms with E-state index in [-0.39, 0.29) is 5.54 Å². The minimum atomic E-state index is 0.175. The van der Waals surface area contributed by atoms with Crippen LogP contribution in [0.1, 0.15) is 26.7 Å². The molecule has 0 atom stereocenters. The third-order valence-electron chi connectivity index (χ3n) is 4.88. The molecule has 1 N–H and O–H groups in total. The Balaban J connectivity index is 1.98. The van der Waals surface area contributed by atoms with Gasteiger partial charge in [-0.1, -0.05) is 0 Å². The van der Waals surface area contributed by atoms with Crippen LogP contribution in [0.4, 0.5) is 0 Å². The number of hydrogen-bond donors (Lipinski definition) is 1. The molecule has 5 nitrogen and oxygen atoms in total. The molecule has 0 bridgehead atoms. The maximum Gasteiger partial charge on any atom is 0.193 e. The summed E-state index contributed by atoms with van der Waals surface area (Å²) in [5, 5.41) is 3.64. The molecule has 2 fully saturated rings. The maximum atomic E-state index is 5.55. The van der Waals surface area contributed by atoms with Crippen LogP contribution in [-0.4, -0.2) is 85.8 Å². The van der Waals surface area contributed by atoms with Gasteiger partial charge >= 0.3 is 0 Å². The monoisotopic (exact) mass is 328 g/mol. The molecule has 128 valence electrons. The summed E-state index contributed by atoms with van der Waals surface area (Å²) in [4.78, 5) is 9.28. The highest BCUT2D eigenvalue weighted by Gasteiger charge is 2.36. The van der Waals surface area contributed by atoms with Gasteiger partial charge in [0.2, 0.25) is 0 Å². The molecule has 0 unspecified atom stereocenters. The number of aliphatic imine (C=N–C) groups is 1. The highest BCUT2D eigenvalue weighted by Crippen LogP contribution is 2.30. The summed E-state index contributed by atoms with van der Waals surface area (Å²) >= 11 is 2.05. The second-order valence-corrected chi connectivity index (χ2v) is 8.96. The average molecular weight is 329 g/mol. The predicted octanol–water partition coefficient (Wildman–Crippen LogP) is 1.50. The summed E-state index contributed by atoms with van der Waals surface area (Å²) in [7, 11) is 6.25. The number of nitrogens with one attached hydrogen (secondary N) is 1. The molecule has 0 spiro atoms. The van der Waals surface area contributed by atoms with Gasteiger partial charge in [-0.3, -0.25) is 4.99 Å². The summed E-state index contributed by atoms with van der Waals surface area (Å²) in [6.07, 6.45) is 2.15. The lowest BCUT2D eigenvalue weighted by molar-refractivity contribution is -0.00526. The Morgan fingerprint density at radius 3 is 2.55 bits per heavy atom. The van der Waals surface area contributed by atoms with E-state index in [1.165, 1.54) is 5.75 Å². The lowest BCUT2D eigenvalue weighted by Crippen LogP contribution is -2.58. The fourth-order valence-electron chi connectivity index (χ4n) is 3.31. The van der Waals surface area contributed by atoms with Gasteiger partial charge in [-0.05, 0) is 40.8 Å². The quantitative estimate of drug-likeness (QED) is 0.628. The van der Waals surface area contributed by atoms with Crippen LogP contribution in [-0.2, 0) is 4.74 Å². The van der Waals surface area contributed by atoms with Crippen LogP contribution in [0.5, 0.6) is 0 Å². The van der Waals surface area contributed by atoms with Crippen molar-refractivity contribution in [3.8, 4) is 0 Å². The first-order valence-electron chi connectivity index (χ1n) is 8.23. The number of hydrogen-bond acceptors (Lipinski definition) is 4. The third-order valence-corrected chi connectivity index (χ3v) is 6.18. The first-order valence-corrected chi connectivity index (χ1v) is 9.22. The Hall–Kier alpha value is -0.460. The van der Waals surface area contributed by atoms with Crippen molar-refractivity contribution in [1.29, 1.82) is 0 Å². The van der Waals surface area contributed by atoms with Crippen LogP contribution >= 0.6 is 11.8 Å². The predicted molar refractivity (Wildman–Crippen MR) is 95.9 cm³/mol. The van der Waals surface area contributed by atoms with Crippen molar-refractivity contribution < 1.29 is 4.74 Å². The minimum Gasteiger partial charge on any atom is -0.381 e. The van der Waals surface area contributed by atoms with Crippen molar-refractivity contribution in [1.82, 2.24) is 15.1 Å². The van der Waals surface area contributed by atoms with Crippen LogP contribution in [0, 0.1) is 0 Å². The molecule has 0 amide bonds. The van der Waals surface area contributed by atoms with Gasteiger partial charge in [0.15, 0.2) is 5.96 Å². The van der Waals surface area contributed by atoms with E-state index in [4.69, 9.17) is 4.74 Å². The number of rotatable bonds is 3. The van der Waals surface area contributed by atoms with Crippen LogP contribution < -0.4 is 5.32 Å². The van der Waals surface area contributed by atoms with Gasteiger partial charge in [-0.15, -0.1) is 0 Å². The Bertz CT molecular complexity index is 392. The highest BCUT2D eigenvalue weighted by molar-refractivity contribution is 8.00. The number of guanidine groups is 1. The Labute approximate surface area is 139 Å². The van der Waals surface area contributed by atoms with E-state index in [9.17, 15) is 0 Å². The van der Waals surface area contributed by atoms with Gasteiger partial charge in [0.1, 0.15) is 0 Å². The van der Waals surface area contributed by atoms with Crippen LogP contribution in [0.2, 0.25) is 0 Å². The summed E-state index contributed by atoms with van der Waals surface area (Å²) in [5.74, 6) is 2.21. The van der Waals surface area contributed by atoms with Crippen molar-refractivity contribution in [3.05, 3.63) is 0 Å². The van der Waals surface area contributed by atoms with E-state index in [1.54, 1.807) is 0 Å². The number of thioether (sulfide) groups is 1. The lowest BCUT2D eigenvalue weighted by atomic mass is 9.88. The number of nitrogens with zero attached hydrogens (tertiary/aromatic N) is 3. The van der Waals surface area contributed by atoms with E-state index in [0.717, 1.165) is 51.6 Å². The minimum absolute atomic E-state index is 0.175. The summed E-state index contributed by atoms with van der Waals surface area (Å²) in [6, 6.07) is 0. The lowest BCUT2D eigenvalue weighted by Gasteiger charge is -2.44. The van der Waals surface area contributed by atoms with Crippen molar-refractivity contribution in [3.63, 3.8) is 0 Å². The number of likely N-dealkylation sites (N-methyl/N-ethyl adjacent to an activating group) is 1. The normalized spacial score (nSPS) is 25.4. The van der Waals surface area contributed by atoms with Gasteiger partial charge in [-0.25, -0.2) is 0 Å². The van der Waals surface area contributed by atoms with E-state index >= 15 is 0 Å². The first kappa shape index (κ1) is 17.9. The second-order valence-electron chi connectivity index (χ2n) is 7.16. The van der Waals surface area contributed by atoms with E-state index in [1.807, 2.05) is 7.05 Å². The van der Waals surface area contributed by atoms with Crippen molar-refractivity contribution in [2.45, 2.75) is 37.0 Å². The molecule has 2 heterocycles. The molecular formula is C16H32N4OS. The molecule has 6 heteroatoms. The molecule has 0 aromatic heterocycles. The van der Waals surface area contributed by atoms with Gasteiger partial charge in [0.25, 0.3) is 0 Å². The fourth-order valence-corrected chi connectivity index (χ4v) is 4.42. The Morgan fingerprint density at radius 1 is 1.32 bits per heavy atom. The van der Waals surface area contributed by atoms with E-state index < -0.39 is 0 Å². The van der Waals surface area contributed by atoms with Crippen LogP contribution in [0.3, 0.4) is 0 Å². The highest BCUT2D eigenvalue weighted by atomic mass is 32.2. The van der Waals surface area contributed by atoms with Gasteiger partial charge in [-0.2, -0.15) is 11.8 Å². The summed E-state index contributed by atoms with van der Waals surface area (Å²) in [6.45, 7) is 9.40. The molecule has 0 aromatic carbocycles. The molecule has 22 heavy (non-hydrogen) atoms. The SMILES string of the molecule is CN=C(NCC1(N(C)C)CCOCC1)N1CCSC(C)(C)C1. The van der Waals surface area contributed by atoms with Crippen molar-refractivity contribution in [2.24, 2.45) is 4.99 Å². The first-order chi connectivity index (χ1) is 10.4. The maximum absolute atomic E-state index is 5.55. The Kier molecular flexibility index (Phi) is 6.02. The summed E-state index contributed by atoms with van der Waals surface area (Å²) in [5.41, 5.74) is 0.175. The zero-order valence-corrected chi connectivity index (χ0v) is 15.6. The molecule has 0 aromatic rings. The van der Waals surface area contributed by atoms with Crippen LogP contribution in [0.25, 0.3) is 0 Å². The molecule has 2 aliphatic rings. The third kappa shape index (κ3) is 4.30. The van der Waals surface area contributed by atoms with Gasteiger partial charge < -0.3 is 19.9 Å². The largest absolute Gasteiger partial charge is 0.381 e. The molecule has 0 radical (unpaired) electrons. The molecular weight excluding hydrogens is 296 g/mol. The van der Waals surface area contributed by atoms with E-state index in [2.05, 4.69) is 59.8 Å². The molecule has 2 saturated heterocycles. The van der Waals surface area contributed by atoms with Crippen molar-refractivity contribution >= 4 is 17.7 Å². The smallest absolute Gasteiger partial charge is 0.193 e. The van der Waals surface area contributed by atoms with Crippen LogP contribution in [0.15, 0.2) is 4.99 Å². The average Bonchev–Trinajstić information content (AvgIpc) is 2.48. The van der Waals surface area contributed by atoms with E-state index in [0.29, 0.717) is 4.75 Å². The second kappa shape index (κ2) is 7.41. The Morgan fingerprint density at radius 2 is 2.00 bits per heavy atom. The number of ether oxygens (including phenoxy) is 1. The van der Waals surface area contributed by atoms with Gasteiger partial charge in [0, 0.05) is 55.9 Å². The molecule has 2 rings (SSSR count). The standard InChI is InChI=1S/C16H32N4OS/c1-15(2)13-20(8-11-22-15)14(17-3)18-12-16(19(4)5)6-9-21-10-7-16/h6-13H2,1-5H3,(H,17,18). The topological polar surface area (TPSA) is 40.1 Å². The molecule has 0 saturated carbocycles. The fraction of sp³-hybridized carbons (Fsp3) is 0.938.